The lowest BCUT2D eigenvalue weighted by atomic mass is 9.99. The molecule has 16 N–H and O–H groups in total. The number of phenolic OH excluding ortho intramolecular Hbond substituents is 1. The molecule has 0 saturated heterocycles. The van der Waals surface area contributed by atoms with Crippen molar-refractivity contribution in [1.82, 2.24) is 42.5 Å². The molecule has 0 spiro atoms. The average Bonchev–Trinajstić information content (AvgIpc) is 3.43. The second kappa shape index (κ2) is 34.2. The molecule has 0 fully saturated rings. The van der Waals surface area contributed by atoms with Gasteiger partial charge in [0.15, 0.2) is 0 Å². The van der Waals surface area contributed by atoms with Gasteiger partial charge in [-0.05, 0) is 91.6 Å². The van der Waals surface area contributed by atoms with E-state index in [1.165, 1.54) is 24.3 Å². The monoisotopic (exact) mass is 1130 g/mol. The third-order valence-corrected chi connectivity index (χ3v) is 13.1. The predicted molar refractivity (Wildman–Crippen MR) is 299 cm³/mol. The number of unbranched alkanes of at least 4 members (excludes halogenated alkanes) is 1. The highest BCUT2D eigenvalue weighted by Crippen LogP contribution is 2.15. The Hall–Kier alpha value is -7.96. The number of rotatable bonds is 35. The Bertz CT molecular complexity index is 2550. The molecule has 0 unspecified atom stereocenters. The summed E-state index contributed by atoms with van der Waals surface area (Å²) in [6.07, 6.45) is -0.657. The molecule has 81 heavy (non-hydrogen) atoms. The zero-order valence-electron chi connectivity index (χ0n) is 46.8. The number of amides is 8. The molecule has 0 aliphatic heterocycles. The number of hydrogen-bond donors (Lipinski definition) is 14. The maximum atomic E-state index is 14.5. The number of carboxylic acids is 2. The topological polar surface area (TPSA) is 400 Å². The quantitative estimate of drug-likeness (QED) is 0.0346. The third kappa shape index (κ3) is 23.7. The lowest BCUT2D eigenvalue weighted by Gasteiger charge is -2.29. The Morgan fingerprint density at radius 1 is 0.457 bits per heavy atom. The van der Waals surface area contributed by atoms with Crippen molar-refractivity contribution >= 4 is 59.2 Å². The van der Waals surface area contributed by atoms with E-state index in [1.807, 2.05) is 0 Å². The molecule has 8 amide bonds. The minimum atomic E-state index is -1.71. The smallest absolute Gasteiger partial charge is 0.326 e. The number of carboxylic acid groups (broad SMARTS) is 2. The van der Waals surface area contributed by atoms with Crippen molar-refractivity contribution < 1.29 is 68.4 Å². The number of phenols is 1. The lowest BCUT2D eigenvalue weighted by molar-refractivity contribution is -0.143. The van der Waals surface area contributed by atoms with Crippen LogP contribution in [0.5, 0.6) is 5.75 Å². The molecule has 444 valence electrons. The van der Waals surface area contributed by atoms with E-state index in [4.69, 9.17) is 11.5 Å². The maximum Gasteiger partial charge on any atom is 0.326 e. The maximum absolute atomic E-state index is 14.5. The molecule has 0 aliphatic carbocycles. The van der Waals surface area contributed by atoms with Gasteiger partial charge < -0.3 is 74.4 Å². The van der Waals surface area contributed by atoms with Gasteiger partial charge in [-0.25, -0.2) is 4.79 Å². The van der Waals surface area contributed by atoms with Gasteiger partial charge >= 0.3 is 11.9 Å². The third-order valence-electron chi connectivity index (χ3n) is 13.1. The van der Waals surface area contributed by atoms with Crippen LogP contribution in [-0.2, 0) is 67.2 Å². The highest BCUT2D eigenvalue weighted by Gasteiger charge is 2.36. The summed E-state index contributed by atoms with van der Waals surface area (Å²) in [6.45, 7) is 9.21. The molecule has 0 aromatic heterocycles. The van der Waals surface area contributed by atoms with E-state index in [2.05, 4.69) is 42.5 Å². The molecule has 24 nitrogen and oxygen atoms in total. The number of benzene rings is 3. The van der Waals surface area contributed by atoms with Crippen LogP contribution in [0, 0.1) is 17.8 Å². The fourth-order valence-corrected chi connectivity index (χ4v) is 8.48. The van der Waals surface area contributed by atoms with Crippen LogP contribution in [0.4, 0.5) is 0 Å². The van der Waals surface area contributed by atoms with Crippen LogP contribution in [0.25, 0.3) is 0 Å². The lowest BCUT2D eigenvalue weighted by Crippen LogP contribution is -2.61. The number of carbonyl (C=O) groups is 10. The first-order chi connectivity index (χ1) is 38.3. The highest BCUT2D eigenvalue weighted by molar-refractivity contribution is 5.98. The number of aromatic hydroxyl groups is 1. The van der Waals surface area contributed by atoms with Gasteiger partial charge in [0.05, 0.1) is 12.6 Å². The van der Waals surface area contributed by atoms with Crippen LogP contribution in [-0.4, -0.2) is 147 Å². The zero-order valence-corrected chi connectivity index (χ0v) is 46.8. The van der Waals surface area contributed by atoms with E-state index in [0.29, 0.717) is 17.5 Å². The molecule has 0 heterocycles. The molecule has 0 bridgehead atoms. The van der Waals surface area contributed by atoms with Crippen molar-refractivity contribution in [3.63, 3.8) is 0 Å². The zero-order chi connectivity index (χ0) is 60.3. The van der Waals surface area contributed by atoms with Crippen LogP contribution >= 0.6 is 0 Å². The molecule has 0 radical (unpaired) electrons. The van der Waals surface area contributed by atoms with E-state index < -0.39 is 145 Å². The van der Waals surface area contributed by atoms with E-state index in [1.54, 1.807) is 102 Å². The van der Waals surface area contributed by atoms with Crippen molar-refractivity contribution in [2.75, 3.05) is 13.2 Å². The summed E-state index contributed by atoms with van der Waals surface area (Å²) < 4.78 is 0. The van der Waals surface area contributed by atoms with Gasteiger partial charge in [0.2, 0.25) is 47.3 Å². The van der Waals surface area contributed by atoms with E-state index in [0.717, 1.165) is 5.56 Å². The largest absolute Gasteiger partial charge is 0.508 e. The molecule has 3 rings (SSSR count). The molecule has 9 atom stereocenters. The molecule has 3 aromatic rings. The molecule has 0 aliphatic rings. The summed E-state index contributed by atoms with van der Waals surface area (Å²) in [7, 11) is 0. The van der Waals surface area contributed by atoms with Crippen LogP contribution in [0.15, 0.2) is 84.9 Å². The molecule has 24 heteroatoms. The van der Waals surface area contributed by atoms with Gasteiger partial charge in [0, 0.05) is 19.3 Å². The van der Waals surface area contributed by atoms with Crippen LogP contribution in [0.3, 0.4) is 0 Å². The van der Waals surface area contributed by atoms with Gasteiger partial charge in [0.25, 0.3) is 0 Å². The van der Waals surface area contributed by atoms with Gasteiger partial charge in [-0.3, -0.25) is 43.2 Å². The minimum absolute atomic E-state index is 0.00573. The Morgan fingerprint density at radius 3 is 1.33 bits per heavy atom. The Balaban J connectivity index is 1.90. The summed E-state index contributed by atoms with van der Waals surface area (Å²) >= 11 is 0. The number of nitrogens with two attached hydrogens (primary N) is 2. The summed E-state index contributed by atoms with van der Waals surface area (Å²) in [4.78, 5) is 136. The molecular formula is C57H82N10O14. The van der Waals surface area contributed by atoms with Crippen LogP contribution in [0.1, 0.15) is 96.8 Å². The first-order valence-corrected chi connectivity index (χ1v) is 27.1. The van der Waals surface area contributed by atoms with Crippen molar-refractivity contribution in [3.8, 4) is 5.75 Å². The van der Waals surface area contributed by atoms with Crippen molar-refractivity contribution in [3.05, 3.63) is 102 Å². The fraction of sp³-hybridized carbons (Fsp3) is 0.509. The summed E-state index contributed by atoms with van der Waals surface area (Å²) in [5, 5.41) is 60.2. The molecule has 0 saturated carbocycles. The molecular weight excluding hydrogens is 1050 g/mol. The van der Waals surface area contributed by atoms with Crippen LogP contribution < -0.4 is 54.0 Å². The van der Waals surface area contributed by atoms with Gasteiger partial charge in [-0.2, -0.15) is 0 Å². The van der Waals surface area contributed by atoms with Gasteiger partial charge in [-0.15, -0.1) is 0 Å². The van der Waals surface area contributed by atoms with Gasteiger partial charge in [-0.1, -0.05) is 114 Å². The Morgan fingerprint density at radius 2 is 0.864 bits per heavy atom. The second-order valence-electron chi connectivity index (χ2n) is 21.1. The van der Waals surface area contributed by atoms with Crippen molar-refractivity contribution in [1.29, 1.82) is 0 Å². The standard InChI is InChI=1S/C57H82N10O14/c1-32(2)27-42(52(75)63-43(29-36-17-11-8-12-18-36)53(76)64-44(30-37-20-22-38(69)23-21-37)54(77)67-48(34(5)6)57(80)81)62-50(73)40(19-13-14-26-58)60-51(74)41(24-25-46(70)71)61-55(78)45(31-68)65-56(79)47(33(3)4)66-49(72)39(59)28-35-15-9-7-10-16-35/h7-12,15-18,20-23,32-34,39-45,47-48,68-69H,13-14,19,24-31,58-59H2,1-6H3,(H,60,74)(H,61,78)(H,62,73)(H,63,75)(H,64,76)(H,65,79)(H,66,72)(H,67,77)(H,70,71)(H,80,81)/t39-,40-,41-,42-,43-,44-,45-,47-,48-/m0/s1. The summed E-state index contributed by atoms with van der Waals surface area (Å²) in [5.74, 6) is -11.1. The SMILES string of the molecule is CC(C)C[C@H](NC(=O)[C@H](CCCCN)NC(=O)[C@H](CCC(=O)O)NC(=O)[C@H](CO)NC(=O)[C@@H](NC(=O)[C@@H](N)Cc1ccccc1)C(C)C)C(=O)N[C@@H](Cc1ccccc1)C(=O)N[C@@H](Cc1ccc(O)cc1)C(=O)N[C@H](C(=O)O)C(C)C. The number of carbonyl (C=O) groups excluding carboxylic acids is 8. The number of nitrogens with one attached hydrogen (secondary N) is 8. The van der Waals surface area contributed by atoms with Crippen LogP contribution in [0.2, 0.25) is 0 Å². The van der Waals surface area contributed by atoms with Gasteiger partial charge in [0.1, 0.15) is 54.1 Å². The summed E-state index contributed by atoms with van der Waals surface area (Å²) in [5.41, 5.74) is 13.8. The fourth-order valence-electron chi connectivity index (χ4n) is 8.48. The van der Waals surface area contributed by atoms with E-state index in [9.17, 15) is 68.4 Å². The predicted octanol–water partition coefficient (Wildman–Crippen LogP) is 0.0546. The Kier molecular flexibility index (Phi) is 28.5. The summed E-state index contributed by atoms with van der Waals surface area (Å²) in [6, 6.07) is 10.8. The second-order valence-corrected chi connectivity index (χ2v) is 21.1. The van der Waals surface area contributed by atoms with E-state index >= 15 is 0 Å². The normalized spacial score (nSPS) is 14.6. The molecule has 3 aromatic carbocycles. The van der Waals surface area contributed by atoms with Crippen molar-refractivity contribution in [2.45, 2.75) is 154 Å². The number of aliphatic hydroxyl groups is 1. The number of aliphatic hydroxyl groups excluding tert-OH is 1. The van der Waals surface area contributed by atoms with Crippen molar-refractivity contribution in [2.24, 2.45) is 29.2 Å². The number of aliphatic carboxylic acids is 2. The average molecular weight is 1130 g/mol. The first kappa shape index (κ1) is 67.3. The minimum Gasteiger partial charge on any atom is -0.508 e. The first-order valence-electron chi connectivity index (χ1n) is 27.1. The van der Waals surface area contributed by atoms with E-state index in [-0.39, 0.29) is 56.7 Å². The number of hydrogen-bond acceptors (Lipinski definition) is 14. The Labute approximate surface area is 472 Å². The highest BCUT2D eigenvalue weighted by atomic mass is 16.4.